The van der Waals surface area contributed by atoms with Gasteiger partial charge in [-0.05, 0) is 17.2 Å². The summed E-state index contributed by atoms with van der Waals surface area (Å²) < 4.78 is 0. The van der Waals surface area contributed by atoms with E-state index in [4.69, 9.17) is 0 Å². The van der Waals surface area contributed by atoms with Gasteiger partial charge in [-0.1, -0.05) is 36.4 Å². The van der Waals surface area contributed by atoms with Gasteiger partial charge < -0.3 is 10.6 Å². The van der Waals surface area contributed by atoms with Gasteiger partial charge in [0.05, 0.1) is 13.0 Å². The van der Waals surface area contributed by atoms with Gasteiger partial charge in [0.1, 0.15) is 0 Å². The molecule has 21 heavy (non-hydrogen) atoms. The maximum absolute atomic E-state index is 11.7. The molecule has 1 aromatic heterocycles. The quantitative estimate of drug-likeness (QED) is 0.832. The van der Waals surface area contributed by atoms with E-state index in [1.165, 1.54) is 0 Å². The third kappa shape index (κ3) is 5.44. The van der Waals surface area contributed by atoms with Crippen molar-refractivity contribution < 1.29 is 9.59 Å². The lowest BCUT2D eigenvalue weighted by molar-refractivity contribution is -0.125. The average Bonchev–Trinajstić information content (AvgIpc) is 2.53. The number of rotatable bonds is 6. The summed E-state index contributed by atoms with van der Waals surface area (Å²) in [7, 11) is 0. The predicted octanol–water partition coefficient (Wildman–Crippen LogP) is 1.06. The average molecular weight is 283 g/mol. The Morgan fingerprint density at radius 1 is 0.905 bits per heavy atom. The van der Waals surface area contributed by atoms with E-state index >= 15 is 0 Å². The highest BCUT2D eigenvalue weighted by Gasteiger charge is 2.06. The molecular formula is C16H17N3O2. The van der Waals surface area contributed by atoms with Crippen molar-refractivity contribution in [2.45, 2.75) is 13.0 Å². The smallest absolute Gasteiger partial charge is 0.239 e. The summed E-state index contributed by atoms with van der Waals surface area (Å²) in [6.45, 7) is 0.382. The lowest BCUT2D eigenvalue weighted by atomic mass is 10.1. The zero-order valence-electron chi connectivity index (χ0n) is 11.6. The molecule has 0 saturated heterocycles. The number of pyridine rings is 1. The second-order valence-corrected chi connectivity index (χ2v) is 4.58. The van der Waals surface area contributed by atoms with Gasteiger partial charge in [-0.15, -0.1) is 0 Å². The van der Waals surface area contributed by atoms with Gasteiger partial charge in [0.25, 0.3) is 0 Å². The lowest BCUT2D eigenvalue weighted by Crippen LogP contribution is -2.37. The van der Waals surface area contributed by atoms with Crippen LogP contribution in [0.15, 0.2) is 54.9 Å². The van der Waals surface area contributed by atoms with Crippen LogP contribution < -0.4 is 10.6 Å². The third-order valence-electron chi connectivity index (χ3n) is 2.87. The molecule has 1 heterocycles. The summed E-state index contributed by atoms with van der Waals surface area (Å²) in [5, 5.41) is 5.33. The van der Waals surface area contributed by atoms with E-state index in [9.17, 15) is 9.59 Å². The summed E-state index contributed by atoms with van der Waals surface area (Å²) in [5.74, 6) is -0.391. The molecule has 1 aromatic carbocycles. The van der Waals surface area contributed by atoms with E-state index in [1.54, 1.807) is 12.4 Å². The Labute approximate surface area is 123 Å². The first-order valence-corrected chi connectivity index (χ1v) is 6.70. The van der Waals surface area contributed by atoms with Crippen molar-refractivity contribution in [1.29, 1.82) is 0 Å². The number of amides is 2. The lowest BCUT2D eigenvalue weighted by Gasteiger charge is -2.07. The summed E-state index contributed by atoms with van der Waals surface area (Å²) >= 11 is 0. The molecule has 0 fully saturated rings. The first kappa shape index (κ1) is 14.7. The standard InChI is InChI=1S/C16H17N3O2/c20-15(9-13-5-2-1-3-6-13)19-12-16(21)18-11-14-7-4-8-17-10-14/h1-8,10H,9,11-12H2,(H,18,21)(H,19,20). The van der Waals surface area contributed by atoms with Gasteiger partial charge in [0.15, 0.2) is 0 Å². The van der Waals surface area contributed by atoms with Gasteiger partial charge in [-0.2, -0.15) is 0 Å². The SMILES string of the molecule is O=C(CNC(=O)Cc1ccccc1)NCc1cccnc1. The summed E-state index contributed by atoms with van der Waals surface area (Å²) in [5.41, 5.74) is 1.84. The van der Waals surface area contributed by atoms with E-state index in [0.29, 0.717) is 6.54 Å². The zero-order chi connectivity index (χ0) is 14.9. The van der Waals surface area contributed by atoms with Crippen molar-refractivity contribution in [3.8, 4) is 0 Å². The van der Waals surface area contributed by atoms with Gasteiger partial charge in [0.2, 0.25) is 11.8 Å². The molecule has 2 N–H and O–H groups in total. The van der Waals surface area contributed by atoms with Crippen LogP contribution in [0.1, 0.15) is 11.1 Å². The molecule has 0 aliphatic heterocycles. The van der Waals surface area contributed by atoms with Gasteiger partial charge in [-0.3, -0.25) is 14.6 Å². The fourth-order valence-electron chi connectivity index (χ4n) is 1.79. The van der Waals surface area contributed by atoms with Gasteiger partial charge >= 0.3 is 0 Å². The van der Waals surface area contributed by atoms with Crippen LogP contribution in [0.3, 0.4) is 0 Å². The minimum Gasteiger partial charge on any atom is -0.350 e. The molecule has 2 rings (SSSR count). The second kappa shape index (κ2) is 7.79. The molecule has 0 unspecified atom stereocenters. The molecule has 0 aliphatic carbocycles. The Morgan fingerprint density at radius 2 is 1.67 bits per heavy atom. The Morgan fingerprint density at radius 3 is 2.38 bits per heavy atom. The van der Waals surface area contributed by atoms with Crippen molar-refractivity contribution in [2.75, 3.05) is 6.54 Å². The molecule has 2 amide bonds. The van der Waals surface area contributed by atoms with E-state index < -0.39 is 0 Å². The highest BCUT2D eigenvalue weighted by atomic mass is 16.2. The molecule has 0 radical (unpaired) electrons. The topological polar surface area (TPSA) is 71.1 Å². The number of benzene rings is 1. The van der Waals surface area contributed by atoms with Crippen LogP contribution in [-0.4, -0.2) is 23.3 Å². The molecular weight excluding hydrogens is 266 g/mol. The molecule has 0 aliphatic rings. The van der Waals surface area contributed by atoms with Gasteiger partial charge in [0, 0.05) is 18.9 Å². The van der Waals surface area contributed by atoms with Crippen molar-refractivity contribution in [2.24, 2.45) is 0 Å². The summed E-state index contributed by atoms with van der Waals surface area (Å²) in [6, 6.07) is 13.1. The van der Waals surface area contributed by atoms with E-state index in [1.807, 2.05) is 42.5 Å². The highest BCUT2D eigenvalue weighted by molar-refractivity contribution is 5.85. The predicted molar refractivity (Wildman–Crippen MR) is 79.2 cm³/mol. The van der Waals surface area contributed by atoms with Crippen molar-refractivity contribution >= 4 is 11.8 Å². The number of nitrogens with one attached hydrogen (secondary N) is 2. The molecule has 108 valence electrons. The van der Waals surface area contributed by atoms with Gasteiger partial charge in [-0.25, -0.2) is 0 Å². The normalized spacial score (nSPS) is 9.90. The second-order valence-electron chi connectivity index (χ2n) is 4.58. The van der Waals surface area contributed by atoms with Crippen molar-refractivity contribution in [1.82, 2.24) is 15.6 Å². The van der Waals surface area contributed by atoms with Crippen LogP contribution in [0.2, 0.25) is 0 Å². The highest BCUT2D eigenvalue weighted by Crippen LogP contribution is 1.99. The number of nitrogens with zero attached hydrogens (tertiary/aromatic N) is 1. The molecule has 0 spiro atoms. The summed E-state index contributed by atoms with van der Waals surface area (Å²) in [6.07, 6.45) is 3.64. The molecule has 0 bridgehead atoms. The Kier molecular flexibility index (Phi) is 5.46. The van der Waals surface area contributed by atoms with Crippen LogP contribution in [0.4, 0.5) is 0 Å². The molecule has 5 nitrogen and oxygen atoms in total. The fraction of sp³-hybridized carbons (Fsp3) is 0.188. The van der Waals surface area contributed by atoms with Crippen LogP contribution in [0, 0.1) is 0 Å². The first-order valence-electron chi connectivity index (χ1n) is 6.70. The number of carbonyl (C=O) groups excluding carboxylic acids is 2. The third-order valence-corrected chi connectivity index (χ3v) is 2.87. The van der Waals surface area contributed by atoms with E-state index in [-0.39, 0.29) is 24.8 Å². The molecule has 0 saturated carbocycles. The fourth-order valence-corrected chi connectivity index (χ4v) is 1.79. The number of carbonyl (C=O) groups is 2. The number of hydrogen-bond acceptors (Lipinski definition) is 3. The van der Waals surface area contributed by atoms with Crippen LogP contribution in [0.5, 0.6) is 0 Å². The Bertz CT molecular complexity index is 585. The molecule has 5 heteroatoms. The summed E-state index contributed by atoms with van der Waals surface area (Å²) in [4.78, 5) is 27.3. The largest absolute Gasteiger partial charge is 0.350 e. The monoisotopic (exact) mass is 283 g/mol. The molecule has 2 aromatic rings. The number of hydrogen-bond donors (Lipinski definition) is 2. The maximum atomic E-state index is 11.7. The van der Waals surface area contributed by atoms with Crippen molar-refractivity contribution in [3.63, 3.8) is 0 Å². The Hall–Kier alpha value is -2.69. The zero-order valence-corrected chi connectivity index (χ0v) is 11.6. The minimum absolute atomic E-state index is 0.0219. The maximum Gasteiger partial charge on any atom is 0.239 e. The first-order chi connectivity index (χ1) is 10.2. The van der Waals surface area contributed by atoms with Crippen LogP contribution in [-0.2, 0) is 22.6 Å². The van der Waals surface area contributed by atoms with E-state index in [0.717, 1.165) is 11.1 Å². The molecule has 0 atom stereocenters. The number of aromatic nitrogens is 1. The van der Waals surface area contributed by atoms with Crippen molar-refractivity contribution in [3.05, 3.63) is 66.0 Å². The Balaban J connectivity index is 1.68. The minimum atomic E-state index is -0.222. The van der Waals surface area contributed by atoms with Crippen LogP contribution in [0.25, 0.3) is 0 Å². The van der Waals surface area contributed by atoms with E-state index in [2.05, 4.69) is 15.6 Å². The van der Waals surface area contributed by atoms with Crippen LogP contribution >= 0.6 is 0 Å².